The summed E-state index contributed by atoms with van der Waals surface area (Å²) in [6.07, 6.45) is -7.54. The summed E-state index contributed by atoms with van der Waals surface area (Å²) < 4.78 is 10.9. The maximum atomic E-state index is 12.9. The summed E-state index contributed by atoms with van der Waals surface area (Å²) >= 11 is 0. The van der Waals surface area contributed by atoms with Crippen molar-refractivity contribution in [2.24, 2.45) is 0 Å². The SMILES string of the molecule is O=C1c2ccccc2C(=O)c2cc(O[C@@H]3O[C@H](CO)[C@@H](O)[C@H](O)[C@H]3O)c(CO)cc21. The minimum Gasteiger partial charge on any atom is -0.462 e. The van der Waals surface area contributed by atoms with Crippen LogP contribution in [0.1, 0.15) is 37.4 Å². The maximum absolute atomic E-state index is 12.9. The number of aliphatic hydroxyl groups is 5. The number of ether oxygens (including phenoxy) is 2. The van der Waals surface area contributed by atoms with E-state index in [4.69, 9.17) is 9.47 Å². The Morgan fingerprint density at radius 3 is 2.00 bits per heavy atom. The molecule has 0 spiro atoms. The van der Waals surface area contributed by atoms with Crippen LogP contribution in [0.4, 0.5) is 0 Å². The van der Waals surface area contributed by atoms with Crippen LogP contribution in [-0.4, -0.2) is 74.4 Å². The maximum Gasteiger partial charge on any atom is 0.229 e. The number of benzene rings is 2. The second-order valence-electron chi connectivity index (χ2n) is 7.18. The van der Waals surface area contributed by atoms with Gasteiger partial charge in [0.25, 0.3) is 0 Å². The largest absolute Gasteiger partial charge is 0.462 e. The smallest absolute Gasteiger partial charge is 0.229 e. The van der Waals surface area contributed by atoms with Gasteiger partial charge in [-0.25, -0.2) is 0 Å². The average Bonchev–Trinajstić information content (AvgIpc) is 2.77. The van der Waals surface area contributed by atoms with Gasteiger partial charge in [0.05, 0.1) is 13.2 Å². The molecule has 1 aliphatic heterocycles. The number of carbonyl (C=O) groups is 2. The Bertz CT molecular complexity index is 1000. The first kappa shape index (κ1) is 20.6. The summed E-state index contributed by atoms with van der Waals surface area (Å²) in [5, 5.41) is 49.1. The van der Waals surface area contributed by atoms with Crippen LogP contribution in [0.25, 0.3) is 0 Å². The van der Waals surface area contributed by atoms with Crippen molar-refractivity contribution in [1.29, 1.82) is 0 Å². The molecule has 9 nitrogen and oxygen atoms in total. The Morgan fingerprint density at radius 1 is 0.833 bits per heavy atom. The van der Waals surface area contributed by atoms with Gasteiger partial charge >= 0.3 is 0 Å². The number of rotatable bonds is 4. The third kappa shape index (κ3) is 3.21. The van der Waals surface area contributed by atoms with Crippen LogP contribution in [0.3, 0.4) is 0 Å². The lowest BCUT2D eigenvalue weighted by atomic mass is 9.83. The van der Waals surface area contributed by atoms with E-state index >= 15 is 0 Å². The first-order valence-corrected chi connectivity index (χ1v) is 9.30. The third-order valence-corrected chi connectivity index (χ3v) is 5.37. The molecule has 0 aromatic heterocycles. The molecule has 2 aromatic rings. The van der Waals surface area contributed by atoms with E-state index in [1.807, 2.05) is 0 Å². The van der Waals surface area contributed by atoms with E-state index in [9.17, 15) is 35.1 Å². The normalized spacial score (nSPS) is 28.1. The third-order valence-electron chi connectivity index (χ3n) is 5.37. The molecular formula is C21H20O9. The molecule has 0 saturated carbocycles. The van der Waals surface area contributed by atoms with E-state index in [1.54, 1.807) is 18.2 Å². The molecule has 1 heterocycles. The monoisotopic (exact) mass is 416 g/mol. The van der Waals surface area contributed by atoms with Crippen molar-refractivity contribution in [2.75, 3.05) is 6.61 Å². The highest BCUT2D eigenvalue weighted by Gasteiger charge is 2.45. The van der Waals surface area contributed by atoms with Crippen LogP contribution in [0, 0.1) is 0 Å². The topological polar surface area (TPSA) is 154 Å². The first-order valence-electron chi connectivity index (χ1n) is 9.30. The predicted molar refractivity (Wildman–Crippen MR) is 100 cm³/mol. The minimum absolute atomic E-state index is 0.0406. The molecule has 9 heteroatoms. The second kappa shape index (κ2) is 7.88. The minimum atomic E-state index is -1.66. The van der Waals surface area contributed by atoms with Crippen molar-refractivity contribution in [3.8, 4) is 5.75 Å². The quantitative estimate of drug-likeness (QED) is 0.365. The van der Waals surface area contributed by atoms with Crippen molar-refractivity contribution in [2.45, 2.75) is 37.3 Å². The van der Waals surface area contributed by atoms with Crippen LogP contribution in [-0.2, 0) is 11.3 Å². The van der Waals surface area contributed by atoms with E-state index < -0.39 is 49.7 Å². The Kier molecular flexibility index (Phi) is 5.41. The summed E-state index contributed by atoms with van der Waals surface area (Å²) in [6, 6.07) is 9.00. The number of hydrogen-bond donors (Lipinski definition) is 5. The van der Waals surface area contributed by atoms with Gasteiger partial charge in [-0.05, 0) is 12.1 Å². The summed E-state index contributed by atoms with van der Waals surface area (Å²) in [6.45, 7) is -1.17. The fourth-order valence-corrected chi connectivity index (χ4v) is 3.69. The lowest BCUT2D eigenvalue weighted by molar-refractivity contribution is -0.277. The van der Waals surface area contributed by atoms with E-state index in [2.05, 4.69) is 0 Å². The summed E-state index contributed by atoms with van der Waals surface area (Å²) in [5.41, 5.74) is 0.845. The van der Waals surface area contributed by atoms with Crippen molar-refractivity contribution in [3.05, 3.63) is 64.2 Å². The van der Waals surface area contributed by atoms with Gasteiger partial charge in [0, 0.05) is 27.8 Å². The molecule has 4 rings (SSSR count). The van der Waals surface area contributed by atoms with E-state index in [0.717, 1.165) is 0 Å². The average molecular weight is 416 g/mol. The van der Waals surface area contributed by atoms with Crippen molar-refractivity contribution >= 4 is 11.6 Å². The molecule has 0 amide bonds. The zero-order chi connectivity index (χ0) is 21.6. The van der Waals surface area contributed by atoms with Gasteiger partial charge in [-0.15, -0.1) is 0 Å². The molecule has 2 aliphatic rings. The Hall–Kier alpha value is -2.66. The van der Waals surface area contributed by atoms with Gasteiger partial charge in [0.2, 0.25) is 6.29 Å². The Morgan fingerprint density at radius 2 is 1.43 bits per heavy atom. The summed E-state index contributed by atoms with van der Waals surface area (Å²) in [5.74, 6) is -0.807. The molecule has 0 unspecified atom stereocenters. The molecule has 2 aromatic carbocycles. The van der Waals surface area contributed by atoms with Gasteiger partial charge < -0.3 is 35.0 Å². The van der Waals surface area contributed by atoms with Crippen molar-refractivity contribution in [1.82, 2.24) is 0 Å². The summed E-state index contributed by atoms with van der Waals surface area (Å²) in [4.78, 5) is 25.7. The van der Waals surface area contributed by atoms with E-state index in [1.165, 1.54) is 18.2 Å². The summed E-state index contributed by atoms with van der Waals surface area (Å²) in [7, 11) is 0. The molecule has 1 fully saturated rings. The Balaban J connectivity index is 1.72. The van der Waals surface area contributed by atoms with E-state index in [-0.39, 0.29) is 39.4 Å². The molecule has 5 N–H and O–H groups in total. The van der Waals surface area contributed by atoms with Gasteiger partial charge in [-0.3, -0.25) is 9.59 Å². The number of fused-ring (bicyclic) bond motifs is 2. The second-order valence-corrected chi connectivity index (χ2v) is 7.18. The molecule has 1 saturated heterocycles. The van der Waals surface area contributed by atoms with Crippen molar-refractivity contribution < 1.29 is 44.6 Å². The highest BCUT2D eigenvalue weighted by Crippen LogP contribution is 2.34. The molecule has 0 radical (unpaired) electrons. The van der Waals surface area contributed by atoms with Gasteiger partial charge in [-0.2, -0.15) is 0 Å². The van der Waals surface area contributed by atoms with Crippen molar-refractivity contribution in [3.63, 3.8) is 0 Å². The lowest BCUT2D eigenvalue weighted by Crippen LogP contribution is -2.60. The standard InChI is InChI=1S/C21H20O9/c22-7-9-5-12-13(17(25)11-4-2-1-3-10(11)16(12)24)6-14(9)29-21-20(28)19(27)18(26)15(8-23)30-21/h1-6,15,18-23,26-28H,7-8H2/t15-,18-,19+,20-,21-/m1/s1. The molecule has 1 aliphatic carbocycles. The van der Waals surface area contributed by atoms with Crippen LogP contribution < -0.4 is 4.74 Å². The van der Waals surface area contributed by atoms with Crippen LogP contribution in [0.15, 0.2) is 36.4 Å². The molecule has 5 atom stereocenters. The molecular weight excluding hydrogens is 396 g/mol. The highest BCUT2D eigenvalue weighted by atomic mass is 16.7. The molecule has 30 heavy (non-hydrogen) atoms. The van der Waals surface area contributed by atoms with Gasteiger partial charge in [0.1, 0.15) is 30.2 Å². The zero-order valence-corrected chi connectivity index (χ0v) is 15.6. The van der Waals surface area contributed by atoms with Gasteiger partial charge in [-0.1, -0.05) is 24.3 Å². The molecule has 0 bridgehead atoms. The van der Waals surface area contributed by atoms with Crippen LogP contribution in [0.5, 0.6) is 5.75 Å². The number of ketones is 2. The fraction of sp³-hybridized carbons (Fsp3) is 0.333. The molecule has 158 valence electrons. The fourth-order valence-electron chi connectivity index (χ4n) is 3.69. The zero-order valence-electron chi connectivity index (χ0n) is 15.6. The van der Waals surface area contributed by atoms with Gasteiger partial charge in [0.15, 0.2) is 11.6 Å². The van der Waals surface area contributed by atoms with E-state index in [0.29, 0.717) is 0 Å². The number of carbonyl (C=O) groups excluding carboxylic acids is 2. The lowest BCUT2D eigenvalue weighted by Gasteiger charge is -2.39. The van der Waals surface area contributed by atoms with Crippen LogP contribution in [0.2, 0.25) is 0 Å². The predicted octanol–water partition coefficient (Wildman–Crippen LogP) is -0.867. The first-order chi connectivity index (χ1) is 14.4. The highest BCUT2D eigenvalue weighted by molar-refractivity contribution is 6.28. The number of aliphatic hydroxyl groups excluding tert-OH is 5. The van der Waals surface area contributed by atoms with Crippen LogP contribution >= 0.6 is 0 Å². The number of hydrogen-bond acceptors (Lipinski definition) is 9. The Labute approximate surface area is 170 Å².